The fourth-order valence-electron chi connectivity index (χ4n) is 5.00. The summed E-state index contributed by atoms with van der Waals surface area (Å²) in [5.74, 6) is 0.565. The Morgan fingerprint density at radius 3 is 1.65 bits per heavy atom. The summed E-state index contributed by atoms with van der Waals surface area (Å²) in [7, 11) is 0. The fourth-order valence-corrected chi connectivity index (χ4v) is 5.37. The van der Waals surface area contributed by atoms with Crippen molar-refractivity contribution in [2.24, 2.45) is 0 Å². The molecule has 0 fully saturated rings. The molecule has 2 aromatic heterocycles. The number of aromatic hydroxyl groups is 1. The van der Waals surface area contributed by atoms with Gasteiger partial charge in [-0.05, 0) is 61.7 Å². The summed E-state index contributed by atoms with van der Waals surface area (Å²) in [4.78, 5) is 34.8. The smallest absolute Gasteiger partial charge is 1.00 e. The van der Waals surface area contributed by atoms with E-state index in [2.05, 4.69) is 71.1 Å². The topological polar surface area (TPSA) is 139 Å². The summed E-state index contributed by atoms with van der Waals surface area (Å²) in [6.07, 6.45) is 0.469. The van der Waals surface area contributed by atoms with Crippen LogP contribution in [0.3, 0.4) is 0 Å². The first kappa shape index (κ1) is 48.5. The van der Waals surface area contributed by atoms with Gasteiger partial charge in [0.2, 0.25) is 0 Å². The molecule has 0 aliphatic heterocycles. The maximum atomic E-state index is 12.7. The fraction of sp³-hybridized carbons (Fsp3) is 0.140. The maximum absolute atomic E-state index is 12.7. The Labute approximate surface area is 414 Å². The Bertz CT molecular complexity index is 2350. The maximum Gasteiger partial charge on any atom is 1.00 e. The molecule has 0 radical (unpaired) electrons. The number of carbonyl (C=O) groups is 1. The van der Waals surface area contributed by atoms with Gasteiger partial charge < -0.3 is 30.2 Å². The number of ether oxygens (including phenoxy) is 1. The van der Waals surface area contributed by atoms with Crippen LogP contribution in [0.25, 0.3) is 21.9 Å². The average Bonchev–Trinajstić information content (AvgIpc) is 3.17. The van der Waals surface area contributed by atoms with Gasteiger partial charge >= 0.3 is 114 Å². The van der Waals surface area contributed by atoms with Crippen LogP contribution in [0.15, 0.2) is 146 Å². The minimum Gasteiger partial charge on any atom is -1.00 e. The number of rotatable bonds is 7. The van der Waals surface area contributed by atoms with Crippen molar-refractivity contribution in [1.82, 2.24) is 0 Å². The number of aryl methyl sites for hydroxylation is 3. The summed E-state index contributed by atoms with van der Waals surface area (Å²) in [6.45, 7) is 6.41. The molecule has 0 aliphatic carbocycles. The first-order valence-corrected chi connectivity index (χ1v) is 17.6. The van der Waals surface area contributed by atoms with Crippen molar-refractivity contribution < 1.29 is 138 Å². The Morgan fingerprint density at radius 2 is 1.15 bits per heavy atom. The number of fused-ring (bicyclic) bond motifs is 2. The third kappa shape index (κ3) is 15.6. The summed E-state index contributed by atoms with van der Waals surface area (Å²) >= 11 is 3.38. The first-order valence-electron chi connectivity index (χ1n) is 16.5. The Hall–Kier alpha value is -2.70. The number of carbonyl (C=O) groups excluding carboxylic acids is 1. The molecule has 12 heteroatoms. The van der Waals surface area contributed by atoms with E-state index in [1.807, 2.05) is 61.5 Å². The number of alkyl halides is 1. The molecular formula is C43H39BrK2O9. The van der Waals surface area contributed by atoms with Crippen LogP contribution in [0.1, 0.15) is 40.4 Å². The third-order valence-electron chi connectivity index (χ3n) is 7.80. The Morgan fingerprint density at radius 1 is 0.691 bits per heavy atom. The van der Waals surface area contributed by atoms with Crippen LogP contribution in [-0.4, -0.2) is 11.6 Å². The van der Waals surface area contributed by atoms with E-state index in [0.717, 1.165) is 27.9 Å². The van der Waals surface area contributed by atoms with E-state index in [0.29, 0.717) is 40.9 Å². The minimum atomic E-state index is -0.536. The van der Waals surface area contributed by atoms with E-state index >= 15 is 0 Å². The van der Waals surface area contributed by atoms with Crippen molar-refractivity contribution in [3.63, 3.8) is 0 Å². The Balaban J connectivity index is 0.000000462. The molecule has 0 amide bonds. The molecule has 0 saturated heterocycles. The second-order valence-electron chi connectivity index (χ2n) is 11.9. The van der Waals surface area contributed by atoms with Gasteiger partial charge in [-0.3, -0.25) is 4.79 Å². The number of benzene rings is 5. The zero-order valence-electron chi connectivity index (χ0n) is 32.4. The van der Waals surface area contributed by atoms with Crippen molar-refractivity contribution in [2.75, 3.05) is 0 Å². The molecular weight excluding hydrogens is 819 g/mol. The second kappa shape index (κ2) is 25.5. The second-order valence-corrected chi connectivity index (χ2v) is 12.4. The summed E-state index contributed by atoms with van der Waals surface area (Å²) < 4.78 is 16.6. The third-order valence-corrected chi connectivity index (χ3v) is 8.45. The number of hydrogen-bond acceptors (Lipinski definition) is 9. The van der Waals surface area contributed by atoms with Gasteiger partial charge in [0.05, 0.1) is 22.4 Å². The molecule has 0 saturated carbocycles. The number of hydrogen-bond donors (Lipinski definition) is 1. The molecule has 7 rings (SSSR count). The van der Waals surface area contributed by atoms with E-state index in [-0.39, 0.29) is 122 Å². The van der Waals surface area contributed by atoms with Crippen LogP contribution in [0, 0.1) is 20.8 Å². The molecule has 0 aliphatic rings. The van der Waals surface area contributed by atoms with Gasteiger partial charge in [-0.15, -0.1) is 0 Å². The van der Waals surface area contributed by atoms with Crippen LogP contribution in [0.2, 0.25) is 0 Å². The van der Waals surface area contributed by atoms with Gasteiger partial charge in [0.25, 0.3) is 6.47 Å². The van der Waals surface area contributed by atoms with Crippen LogP contribution in [0.5, 0.6) is 11.5 Å². The minimum absolute atomic E-state index is 0. The van der Waals surface area contributed by atoms with Gasteiger partial charge in [-0.25, -0.2) is 9.59 Å². The molecule has 5 aromatic carbocycles. The van der Waals surface area contributed by atoms with E-state index in [4.69, 9.17) is 23.6 Å². The van der Waals surface area contributed by atoms with Crippen LogP contribution >= 0.6 is 15.9 Å². The van der Waals surface area contributed by atoms with Crippen LogP contribution in [-0.2, 0) is 28.0 Å². The zero-order chi connectivity index (χ0) is 38.2. The molecule has 274 valence electrons. The molecule has 2 heterocycles. The standard InChI is InChI=1S/C25H22O3.C9H6O3.C8H9Br.CH2O3.2K.H/c1-17-7-11-19(12-8-17)15-22-24(27-16-20-13-9-18(2)10-14-20)21-5-3-4-6-23(21)28-25(22)26;10-7-5-9(11)12-8-4-2-1-3-6(7)8;1-7-2-4-8(6-9)5-3-7;2-1-4-3;;;/h3-14H,15-16H2,1-2H3;1-5,10H;2-5H,6H2,1H3;1,3H;;;/q;;;;2*+1;-1/p-1. The van der Waals surface area contributed by atoms with E-state index < -0.39 is 5.63 Å². The van der Waals surface area contributed by atoms with E-state index in [1.165, 1.54) is 22.3 Å². The van der Waals surface area contributed by atoms with Gasteiger partial charge in [0.15, 0.2) is 0 Å². The first-order chi connectivity index (χ1) is 25.6. The van der Waals surface area contributed by atoms with E-state index in [1.54, 1.807) is 30.3 Å². The van der Waals surface area contributed by atoms with Crippen molar-refractivity contribution in [1.29, 1.82) is 0 Å². The molecule has 0 bridgehead atoms. The van der Waals surface area contributed by atoms with Crippen LogP contribution < -0.4 is 124 Å². The molecule has 9 nitrogen and oxygen atoms in total. The summed E-state index contributed by atoms with van der Waals surface area (Å²) in [6, 6.07) is 40.3. The average molecular weight is 858 g/mol. The van der Waals surface area contributed by atoms with Crippen molar-refractivity contribution in [3.8, 4) is 11.5 Å². The van der Waals surface area contributed by atoms with Gasteiger partial charge in [-0.2, -0.15) is 0 Å². The van der Waals surface area contributed by atoms with Crippen molar-refractivity contribution in [2.45, 2.75) is 39.1 Å². The molecule has 0 spiro atoms. The van der Waals surface area contributed by atoms with Crippen molar-refractivity contribution in [3.05, 3.63) is 187 Å². The molecule has 0 atom stereocenters. The zero-order valence-corrected chi connectivity index (χ0v) is 39.2. The van der Waals surface area contributed by atoms with Gasteiger partial charge in [-0.1, -0.05) is 130 Å². The van der Waals surface area contributed by atoms with Gasteiger partial charge in [0, 0.05) is 11.8 Å². The number of para-hydroxylation sites is 2. The van der Waals surface area contributed by atoms with Crippen molar-refractivity contribution >= 4 is 44.3 Å². The molecule has 1 N–H and O–H groups in total. The predicted molar refractivity (Wildman–Crippen MR) is 208 cm³/mol. The van der Waals surface area contributed by atoms with Crippen LogP contribution in [0.4, 0.5) is 0 Å². The monoisotopic (exact) mass is 856 g/mol. The summed E-state index contributed by atoms with van der Waals surface area (Å²) in [5, 5.41) is 20.0. The summed E-state index contributed by atoms with van der Waals surface area (Å²) in [5.41, 5.74) is 7.76. The van der Waals surface area contributed by atoms with E-state index in [9.17, 15) is 14.7 Å². The largest absolute Gasteiger partial charge is 1.00 e. The molecule has 0 unspecified atom stereocenters. The molecule has 7 aromatic rings. The molecule has 55 heavy (non-hydrogen) atoms. The number of halogens is 1. The quantitative estimate of drug-likeness (QED) is 0.0641. The van der Waals surface area contributed by atoms with Gasteiger partial charge in [0.1, 0.15) is 29.3 Å². The SMILES string of the molecule is Cc1ccc(CBr)cc1.Cc1ccc(COc2c(Cc3ccc(C)cc3)c(=O)oc3ccccc23)cc1.O=CO[O-].O=c1cc(O)c2ccccc2o1.[H-].[K+].[K+]. The normalized spacial score (nSPS) is 9.76. The predicted octanol–water partition coefficient (Wildman–Crippen LogP) is 2.52. The Kier molecular flexibility index (Phi) is 22.5.